The highest BCUT2D eigenvalue weighted by atomic mass is 16.6. The van der Waals surface area contributed by atoms with Crippen molar-refractivity contribution in [2.75, 3.05) is 26.4 Å². The molecule has 0 spiro atoms. The van der Waals surface area contributed by atoms with Crippen LogP contribution in [0.2, 0.25) is 0 Å². The predicted octanol–water partition coefficient (Wildman–Crippen LogP) is 1.31. The van der Waals surface area contributed by atoms with E-state index in [9.17, 15) is 9.59 Å². The van der Waals surface area contributed by atoms with Crippen LogP contribution in [-0.4, -0.2) is 50.6 Å². The summed E-state index contributed by atoms with van der Waals surface area (Å²) in [4.78, 5) is 25.0. The Kier molecular flexibility index (Phi) is 4.41. The summed E-state index contributed by atoms with van der Waals surface area (Å²) in [6, 6.07) is 0. The number of epoxide rings is 2. The van der Waals surface area contributed by atoms with Gasteiger partial charge in [0, 0.05) is 0 Å². The molecule has 1 aliphatic carbocycles. The van der Waals surface area contributed by atoms with Gasteiger partial charge in [-0.05, 0) is 32.1 Å². The molecule has 6 nitrogen and oxygen atoms in total. The van der Waals surface area contributed by atoms with Gasteiger partial charge in [0.15, 0.2) is 0 Å². The molecule has 0 N–H and O–H groups in total. The molecule has 2 aliphatic heterocycles. The van der Waals surface area contributed by atoms with Gasteiger partial charge in [-0.25, -0.2) is 0 Å². The van der Waals surface area contributed by atoms with Crippen molar-refractivity contribution in [1.82, 2.24) is 0 Å². The van der Waals surface area contributed by atoms with Crippen molar-refractivity contribution in [3.05, 3.63) is 0 Å². The second-order valence-corrected chi connectivity index (χ2v) is 6.99. The van der Waals surface area contributed by atoms with Crippen LogP contribution < -0.4 is 0 Å². The van der Waals surface area contributed by atoms with Gasteiger partial charge in [0.05, 0.1) is 24.5 Å². The lowest BCUT2D eigenvalue weighted by Gasteiger charge is -2.40. The standard InChI is InChI=1S/C16H24O6/c1-10-3-4-16(2,15(18)22-9-12-7-20-12)13(5-10)14(17)21-8-11-6-19-11/h10-13H,3-9H2,1-2H3. The fraction of sp³-hybridized carbons (Fsp3) is 0.875. The molecule has 3 fully saturated rings. The van der Waals surface area contributed by atoms with Crippen LogP contribution in [0.15, 0.2) is 0 Å². The molecule has 22 heavy (non-hydrogen) atoms. The molecular formula is C16H24O6. The van der Waals surface area contributed by atoms with Crippen molar-refractivity contribution in [1.29, 1.82) is 0 Å². The Labute approximate surface area is 130 Å². The molecule has 0 aromatic heterocycles. The van der Waals surface area contributed by atoms with Crippen molar-refractivity contribution in [3.63, 3.8) is 0 Å². The average Bonchev–Trinajstić information content (AvgIpc) is 3.38. The molecule has 0 aromatic carbocycles. The molecule has 124 valence electrons. The van der Waals surface area contributed by atoms with E-state index >= 15 is 0 Å². The largest absolute Gasteiger partial charge is 0.463 e. The molecule has 2 heterocycles. The number of ether oxygens (including phenoxy) is 4. The molecule has 0 amide bonds. The number of carbonyl (C=O) groups excluding carboxylic acids is 2. The van der Waals surface area contributed by atoms with Crippen LogP contribution in [0.4, 0.5) is 0 Å². The lowest BCUT2D eigenvalue weighted by molar-refractivity contribution is -0.173. The van der Waals surface area contributed by atoms with Crippen LogP contribution >= 0.6 is 0 Å². The Morgan fingerprint density at radius 1 is 1.14 bits per heavy atom. The van der Waals surface area contributed by atoms with Crippen molar-refractivity contribution in [3.8, 4) is 0 Å². The Morgan fingerprint density at radius 3 is 2.32 bits per heavy atom. The number of hydrogen-bond donors (Lipinski definition) is 0. The third kappa shape index (κ3) is 3.60. The van der Waals surface area contributed by atoms with Gasteiger partial charge in [0.25, 0.3) is 0 Å². The minimum atomic E-state index is -0.803. The molecule has 0 radical (unpaired) electrons. The van der Waals surface area contributed by atoms with E-state index in [1.165, 1.54) is 0 Å². The number of esters is 2. The smallest absolute Gasteiger partial charge is 0.312 e. The zero-order chi connectivity index (χ0) is 15.7. The topological polar surface area (TPSA) is 77.7 Å². The van der Waals surface area contributed by atoms with Gasteiger partial charge in [0.1, 0.15) is 25.4 Å². The summed E-state index contributed by atoms with van der Waals surface area (Å²) < 4.78 is 20.8. The van der Waals surface area contributed by atoms with Crippen molar-refractivity contribution in [2.24, 2.45) is 17.3 Å². The van der Waals surface area contributed by atoms with Crippen molar-refractivity contribution in [2.45, 2.75) is 45.3 Å². The summed E-state index contributed by atoms with van der Waals surface area (Å²) in [5, 5.41) is 0. The Hall–Kier alpha value is -1.14. The molecule has 0 bridgehead atoms. The lowest BCUT2D eigenvalue weighted by atomic mass is 9.64. The van der Waals surface area contributed by atoms with Crippen molar-refractivity contribution < 1.29 is 28.5 Å². The van der Waals surface area contributed by atoms with Crippen LogP contribution in [0.5, 0.6) is 0 Å². The molecule has 5 unspecified atom stereocenters. The van der Waals surface area contributed by atoms with E-state index in [-0.39, 0.29) is 37.4 Å². The average molecular weight is 312 g/mol. The molecular weight excluding hydrogens is 288 g/mol. The van der Waals surface area contributed by atoms with Crippen LogP contribution in [0.25, 0.3) is 0 Å². The zero-order valence-electron chi connectivity index (χ0n) is 13.2. The summed E-state index contributed by atoms with van der Waals surface area (Å²) in [5.74, 6) is -0.645. The van der Waals surface area contributed by atoms with E-state index in [4.69, 9.17) is 18.9 Å². The van der Waals surface area contributed by atoms with Gasteiger partial charge in [-0.3, -0.25) is 9.59 Å². The minimum absolute atomic E-state index is 0.0347. The maximum Gasteiger partial charge on any atom is 0.312 e. The fourth-order valence-corrected chi connectivity index (χ4v) is 3.04. The Balaban J connectivity index is 1.63. The second-order valence-electron chi connectivity index (χ2n) is 6.99. The van der Waals surface area contributed by atoms with Gasteiger partial charge in [-0.1, -0.05) is 6.92 Å². The third-order valence-corrected chi connectivity index (χ3v) is 4.93. The zero-order valence-corrected chi connectivity index (χ0v) is 13.2. The lowest BCUT2D eigenvalue weighted by Crippen LogP contribution is -2.46. The van der Waals surface area contributed by atoms with E-state index in [0.717, 1.165) is 6.42 Å². The van der Waals surface area contributed by atoms with E-state index in [1.807, 2.05) is 6.92 Å². The maximum atomic E-state index is 12.5. The van der Waals surface area contributed by atoms with Gasteiger partial charge in [-0.2, -0.15) is 0 Å². The molecule has 3 rings (SSSR count). The first kappa shape index (κ1) is 15.7. The van der Waals surface area contributed by atoms with Gasteiger partial charge in [-0.15, -0.1) is 0 Å². The Morgan fingerprint density at radius 2 is 1.73 bits per heavy atom. The van der Waals surface area contributed by atoms with E-state index in [2.05, 4.69) is 6.92 Å². The van der Waals surface area contributed by atoms with Crippen LogP contribution in [0.1, 0.15) is 33.1 Å². The summed E-state index contributed by atoms with van der Waals surface area (Å²) >= 11 is 0. The first-order chi connectivity index (χ1) is 10.5. The number of rotatable bonds is 6. The normalized spacial score (nSPS) is 39.9. The summed E-state index contributed by atoms with van der Waals surface area (Å²) in [5.41, 5.74) is -0.803. The number of carbonyl (C=O) groups is 2. The maximum absolute atomic E-state index is 12.5. The highest BCUT2D eigenvalue weighted by Crippen LogP contribution is 2.45. The second kappa shape index (κ2) is 6.16. The summed E-state index contributed by atoms with van der Waals surface area (Å²) in [6.07, 6.45) is 2.30. The molecule has 1 saturated carbocycles. The highest BCUT2D eigenvalue weighted by molar-refractivity contribution is 5.85. The van der Waals surface area contributed by atoms with Crippen LogP contribution in [0.3, 0.4) is 0 Å². The summed E-state index contributed by atoms with van der Waals surface area (Å²) in [6.45, 7) is 5.79. The SMILES string of the molecule is CC1CCC(C)(C(=O)OCC2CO2)C(C(=O)OCC2CO2)C1. The predicted molar refractivity (Wildman–Crippen MR) is 76.0 cm³/mol. The third-order valence-electron chi connectivity index (χ3n) is 4.93. The molecule has 5 atom stereocenters. The van der Waals surface area contributed by atoms with Gasteiger partial charge < -0.3 is 18.9 Å². The quantitative estimate of drug-likeness (QED) is 0.543. The van der Waals surface area contributed by atoms with E-state index < -0.39 is 11.3 Å². The van der Waals surface area contributed by atoms with Crippen molar-refractivity contribution >= 4 is 11.9 Å². The monoisotopic (exact) mass is 312 g/mol. The Bertz CT molecular complexity index is 442. The summed E-state index contributed by atoms with van der Waals surface area (Å²) in [7, 11) is 0. The van der Waals surface area contributed by atoms with Crippen LogP contribution in [-0.2, 0) is 28.5 Å². The van der Waals surface area contributed by atoms with Gasteiger partial charge in [0.2, 0.25) is 0 Å². The number of hydrogen-bond acceptors (Lipinski definition) is 6. The van der Waals surface area contributed by atoms with E-state index in [0.29, 0.717) is 32.0 Å². The van der Waals surface area contributed by atoms with Crippen LogP contribution in [0, 0.1) is 17.3 Å². The molecule has 2 saturated heterocycles. The first-order valence-corrected chi connectivity index (χ1v) is 8.06. The molecule has 3 aliphatic rings. The highest BCUT2D eigenvalue weighted by Gasteiger charge is 2.50. The fourth-order valence-electron chi connectivity index (χ4n) is 3.04. The minimum Gasteiger partial charge on any atom is -0.463 e. The van der Waals surface area contributed by atoms with E-state index in [1.54, 1.807) is 0 Å². The molecule has 6 heteroatoms. The van der Waals surface area contributed by atoms with Gasteiger partial charge >= 0.3 is 11.9 Å². The molecule has 0 aromatic rings. The first-order valence-electron chi connectivity index (χ1n) is 8.06.